The summed E-state index contributed by atoms with van der Waals surface area (Å²) in [5.41, 5.74) is 0.240. The van der Waals surface area contributed by atoms with E-state index in [4.69, 9.17) is 5.26 Å². The van der Waals surface area contributed by atoms with Crippen molar-refractivity contribution in [1.29, 1.82) is 5.26 Å². The van der Waals surface area contributed by atoms with Crippen molar-refractivity contribution in [2.24, 2.45) is 0 Å². The molecule has 7 heteroatoms. The quantitative estimate of drug-likeness (QED) is 0.369. The predicted octanol–water partition coefficient (Wildman–Crippen LogP) is 1.94. The molecule has 0 bridgehead atoms. The molecule has 1 rings (SSSR count). The minimum Gasteiger partial charge on any atom is -0.387 e. The fourth-order valence-electron chi connectivity index (χ4n) is 1.26. The molecule has 0 aromatic heterocycles. The number of nitro groups is 1. The van der Waals surface area contributed by atoms with Gasteiger partial charge in [0, 0.05) is 30.1 Å². The molecular weight excluding hydrogens is 260 g/mol. The lowest BCUT2D eigenvalue weighted by molar-refractivity contribution is -0.384. The van der Waals surface area contributed by atoms with E-state index >= 15 is 0 Å². The van der Waals surface area contributed by atoms with Crippen LogP contribution in [0, 0.1) is 21.4 Å². The third-order valence-electron chi connectivity index (χ3n) is 2.26. The van der Waals surface area contributed by atoms with Crippen LogP contribution in [0.4, 0.5) is 11.4 Å². The summed E-state index contributed by atoms with van der Waals surface area (Å²) >= 11 is 0. The molecule has 0 unspecified atom stereocenters. The van der Waals surface area contributed by atoms with Gasteiger partial charge in [-0.3, -0.25) is 14.9 Å². The molecule has 20 heavy (non-hydrogen) atoms. The maximum Gasteiger partial charge on any atom is 0.269 e. The van der Waals surface area contributed by atoms with Gasteiger partial charge in [0.2, 0.25) is 0 Å². The van der Waals surface area contributed by atoms with Gasteiger partial charge >= 0.3 is 0 Å². The van der Waals surface area contributed by atoms with Crippen molar-refractivity contribution in [2.45, 2.75) is 19.9 Å². The number of carbonyl (C=O) groups excluding carboxylic acids is 1. The topological polar surface area (TPSA) is 108 Å². The van der Waals surface area contributed by atoms with Crippen LogP contribution in [0.2, 0.25) is 0 Å². The van der Waals surface area contributed by atoms with E-state index in [2.05, 4.69) is 10.6 Å². The molecule has 0 aliphatic rings. The second-order valence-corrected chi connectivity index (χ2v) is 4.25. The van der Waals surface area contributed by atoms with Gasteiger partial charge in [0.05, 0.1) is 4.92 Å². The normalized spacial score (nSPS) is 10.8. The predicted molar refractivity (Wildman–Crippen MR) is 73.7 cm³/mol. The summed E-state index contributed by atoms with van der Waals surface area (Å²) in [7, 11) is 0. The Morgan fingerprint density at radius 2 is 2.00 bits per heavy atom. The van der Waals surface area contributed by atoms with Crippen LogP contribution in [0.1, 0.15) is 13.8 Å². The molecule has 0 saturated carbocycles. The van der Waals surface area contributed by atoms with Crippen LogP contribution >= 0.6 is 0 Å². The van der Waals surface area contributed by atoms with Crippen molar-refractivity contribution >= 4 is 17.3 Å². The van der Waals surface area contributed by atoms with E-state index in [0.717, 1.165) is 0 Å². The van der Waals surface area contributed by atoms with E-state index in [9.17, 15) is 14.9 Å². The van der Waals surface area contributed by atoms with Crippen LogP contribution in [0.5, 0.6) is 0 Å². The molecule has 1 aromatic rings. The maximum absolute atomic E-state index is 11.8. The van der Waals surface area contributed by atoms with Crippen LogP contribution in [0.3, 0.4) is 0 Å². The van der Waals surface area contributed by atoms with Crippen LogP contribution < -0.4 is 10.6 Å². The first-order valence-electron chi connectivity index (χ1n) is 5.86. The highest BCUT2D eigenvalue weighted by molar-refractivity contribution is 6.06. The van der Waals surface area contributed by atoms with Crippen LogP contribution in [0.15, 0.2) is 36.0 Å². The third kappa shape index (κ3) is 4.42. The average Bonchev–Trinajstić information content (AvgIpc) is 2.39. The van der Waals surface area contributed by atoms with Gasteiger partial charge in [-0.1, -0.05) is 0 Å². The highest BCUT2D eigenvalue weighted by Gasteiger charge is 2.10. The van der Waals surface area contributed by atoms with Crippen LogP contribution in [-0.4, -0.2) is 16.9 Å². The molecule has 1 amide bonds. The molecule has 104 valence electrons. The van der Waals surface area contributed by atoms with Crippen molar-refractivity contribution in [1.82, 2.24) is 5.32 Å². The van der Waals surface area contributed by atoms with Crippen molar-refractivity contribution < 1.29 is 9.72 Å². The van der Waals surface area contributed by atoms with Crippen molar-refractivity contribution in [3.8, 4) is 6.07 Å². The highest BCUT2D eigenvalue weighted by atomic mass is 16.6. The summed E-state index contributed by atoms with van der Waals surface area (Å²) in [6, 6.07) is 7.25. The van der Waals surface area contributed by atoms with E-state index < -0.39 is 10.8 Å². The Morgan fingerprint density at radius 1 is 1.40 bits per heavy atom. The van der Waals surface area contributed by atoms with Crippen molar-refractivity contribution in [2.75, 3.05) is 5.32 Å². The van der Waals surface area contributed by atoms with Gasteiger partial charge in [0.1, 0.15) is 11.6 Å². The summed E-state index contributed by atoms with van der Waals surface area (Å²) in [6.07, 6.45) is 1.34. The SMILES string of the molecule is CC(C)N/C=C(/C#N)C(=O)Nc1ccc([N+](=O)[O-])cc1. The molecular formula is C13H14N4O3. The van der Waals surface area contributed by atoms with E-state index in [0.29, 0.717) is 5.69 Å². The zero-order valence-electron chi connectivity index (χ0n) is 11.1. The Hall–Kier alpha value is -2.88. The maximum atomic E-state index is 11.8. The Morgan fingerprint density at radius 3 is 2.45 bits per heavy atom. The molecule has 0 radical (unpaired) electrons. The van der Waals surface area contributed by atoms with E-state index in [1.807, 2.05) is 13.8 Å². The standard InChI is InChI=1S/C13H14N4O3/c1-9(2)15-8-10(7-14)13(18)16-11-3-5-12(6-4-11)17(19)20/h3-6,8-9,15H,1-2H3,(H,16,18)/b10-8-. The van der Waals surface area contributed by atoms with E-state index in [1.165, 1.54) is 30.5 Å². The van der Waals surface area contributed by atoms with Gasteiger partial charge < -0.3 is 10.6 Å². The summed E-state index contributed by atoms with van der Waals surface area (Å²) in [4.78, 5) is 21.8. The number of benzene rings is 1. The van der Waals surface area contributed by atoms with Gasteiger partial charge in [0.25, 0.3) is 11.6 Å². The number of hydrogen-bond donors (Lipinski definition) is 2. The van der Waals surface area contributed by atoms with Gasteiger partial charge in [0.15, 0.2) is 0 Å². The molecule has 7 nitrogen and oxygen atoms in total. The smallest absolute Gasteiger partial charge is 0.269 e. The van der Waals surface area contributed by atoms with Crippen LogP contribution in [-0.2, 0) is 4.79 Å². The Kier molecular flexibility index (Phi) is 5.23. The van der Waals surface area contributed by atoms with Crippen LogP contribution in [0.25, 0.3) is 0 Å². The highest BCUT2D eigenvalue weighted by Crippen LogP contribution is 2.15. The molecule has 1 aromatic carbocycles. The number of nitrogens with zero attached hydrogens (tertiary/aromatic N) is 2. The first-order chi connectivity index (χ1) is 9.43. The molecule has 0 heterocycles. The number of rotatable bonds is 5. The Labute approximate surface area is 116 Å². The summed E-state index contributed by atoms with van der Waals surface area (Å²) in [6.45, 7) is 3.75. The lowest BCUT2D eigenvalue weighted by Crippen LogP contribution is -2.20. The second-order valence-electron chi connectivity index (χ2n) is 4.25. The molecule has 0 aliphatic carbocycles. The molecule has 0 fully saturated rings. The second kappa shape index (κ2) is 6.89. The number of carbonyl (C=O) groups is 1. The number of nitro benzene ring substituents is 1. The Bertz CT molecular complexity index is 570. The average molecular weight is 274 g/mol. The molecule has 0 spiro atoms. The monoisotopic (exact) mass is 274 g/mol. The van der Waals surface area contributed by atoms with Gasteiger partial charge in [-0.15, -0.1) is 0 Å². The molecule has 2 N–H and O–H groups in total. The zero-order chi connectivity index (χ0) is 15.1. The lowest BCUT2D eigenvalue weighted by atomic mass is 10.2. The first-order valence-corrected chi connectivity index (χ1v) is 5.86. The largest absolute Gasteiger partial charge is 0.387 e. The minimum atomic E-state index is -0.575. The number of anilines is 1. The minimum absolute atomic E-state index is 0.0690. The summed E-state index contributed by atoms with van der Waals surface area (Å²) < 4.78 is 0. The first kappa shape index (κ1) is 15.2. The zero-order valence-corrected chi connectivity index (χ0v) is 11.1. The lowest BCUT2D eigenvalue weighted by Gasteiger charge is -2.06. The number of amides is 1. The van der Waals surface area contributed by atoms with E-state index in [1.54, 1.807) is 6.07 Å². The van der Waals surface area contributed by atoms with Crippen molar-refractivity contribution in [3.63, 3.8) is 0 Å². The fraction of sp³-hybridized carbons (Fsp3) is 0.231. The molecule has 0 atom stereocenters. The third-order valence-corrected chi connectivity index (χ3v) is 2.26. The summed E-state index contributed by atoms with van der Waals surface area (Å²) in [5, 5.41) is 24.7. The Balaban J connectivity index is 2.76. The van der Waals surface area contributed by atoms with Crippen molar-refractivity contribution in [3.05, 3.63) is 46.2 Å². The summed E-state index contributed by atoms with van der Waals surface area (Å²) in [5.74, 6) is -0.575. The van der Waals surface area contributed by atoms with Gasteiger partial charge in [-0.2, -0.15) is 5.26 Å². The van der Waals surface area contributed by atoms with Gasteiger partial charge in [-0.25, -0.2) is 0 Å². The van der Waals surface area contributed by atoms with Gasteiger partial charge in [-0.05, 0) is 26.0 Å². The number of non-ortho nitro benzene ring substituents is 1. The fourth-order valence-corrected chi connectivity index (χ4v) is 1.26. The number of hydrogen-bond acceptors (Lipinski definition) is 5. The molecule has 0 aliphatic heterocycles. The number of nitriles is 1. The number of nitrogens with one attached hydrogen (secondary N) is 2. The molecule has 0 saturated heterocycles. The van der Waals surface area contributed by atoms with E-state index in [-0.39, 0.29) is 17.3 Å².